The predicted molar refractivity (Wildman–Crippen MR) is 98.8 cm³/mol. The van der Waals surface area contributed by atoms with Gasteiger partial charge in [0.25, 0.3) is 5.91 Å². The summed E-state index contributed by atoms with van der Waals surface area (Å²) in [4.78, 5) is 15.4. The number of para-hydroxylation sites is 1. The number of aromatic nitrogens is 3. The minimum absolute atomic E-state index is 0.0713. The number of amides is 1. The Labute approximate surface area is 143 Å². The van der Waals surface area contributed by atoms with Crippen LogP contribution in [0.15, 0.2) is 60.8 Å². The highest BCUT2D eigenvalue weighted by molar-refractivity contribution is 6.34. The lowest BCUT2D eigenvalue weighted by Gasteiger charge is -1.99. The standard InChI is InChI=1S/C20H14N4O/c25-20-15(13-4-1-2-5-16(13)22-20)10-12-7-8-14-18(11-12)23-24-19(14)17-6-3-9-21-17/h1-11,21H,(H,22,25)(H,23,24). The number of fused-ring (bicyclic) bond motifs is 2. The molecule has 5 heteroatoms. The minimum atomic E-state index is -0.0713. The van der Waals surface area contributed by atoms with Crippen LogP contribution in [0.4, 0.5) is 5.69 Å². The Bertz CT molecular complexity index is 1140. The van der Waals surface area contributed by atoms with E-state index < -0.39 is 0 Å². The van der Waals surface area contributed by atoms with Crippen LogP contribution >= 0.6 is 0 Å². The number of aromatic amines is 2. The van der Waals surface area contributed by atoms with E-state index in [1.807, 2.05) is 66.9 Å². The first-order valence-corrected chi connectivity index (χ1v) is 8.04. The summed E-state index contributed by atoms with van der Waals surface area (Å²) in [7, 11) is 0. The summed E-state index contributed by atoms with van der Waals surface area (Å²) in [6.07, 6.45) is 3.79. The van der Waals surface area contributed by atoms with Crippen molar-refractivity contribution in [3.8, 4) is 11.4 Å². The van der Waals surface area contributed by atoms with Gasteiger partial charge in [-0.1, -0.05) is 24.3 Å². The van der Waals surface area contributed by atoms with Crippen molar-refractivity contribution in [1.29, 1.82) is 0 Å². The second kappa shape index (κ2) is 5.21. The largest absolute Gasteiger partial charge is 0.360 e. The molecule has 3 N–H and O–H groups in total. The monoisotopic (exact) mass is 326 g/mol. The summed E-state index contributed by atoms with van der Waals surface area (Å²) >= 11 is 0. The molecule has 5 nitrogen and oxygen atoms in total. The highest BCUT2D eigenvalue weighted by Gasteiger charge is 2.23. The summed E-state index contributed by atoms with van der Waals surface area (Å²) in [5.41, 5.74) is 6.23. The lowest BCUT2D eigenvalue weighted by Crippen LogP contribution is -2.03. The quantitative estimate of drug-likeness (QED) is 0.486. The molecule has 1 aliphatic heterocycles. The van der Waals surface area contributed by atoms with Crippen LogP contribution in [0.3, 0.4) is 0 Å². The van der Waals surface area contributed by atoms with Crippen LogP contribution in [-0.4, -0.2) is 21.1 Å². The maximum Gasteiger partial charge on any atom is 0.256 e. The zero-order valence-electron chi connectivity index (χ0n) is 13.2. The molecule has 0 fully saturated rings. The van der Waals surface area contributed by atoms with E-state index >= 15 is 0 Å². The Balaban J connectivity index is 1.60. The molecular weight excluding hydrogens is 312 g/mol. The zero-order valence-corrected chi connectivity index (χ0v) is 13.2. The lowest BCUT2D eigenvalue weighted by atomic mass is 10.0. The first-order chi connectivity index (χ1) is 12.3. The van der Waals surface area contributed by atoms with Gasteiger partial charge in [0.05, 0.1) is 11.2 Å². The molecule has 25 heavy (non-hydrogen) atoms. The molecule has 3 heterocycles. The number of anilines is 1. The molecule has 0 saturated heterocycles. The number of hydrogen-bond donors (Lipinski definition) is 3. The molecule has 2 aromatic heterocycles. The van der Waals surface area contributed by atoms with Crippen molar-refractivity contribution in [3.63, 3.8) is 0 Å². The molecular formula is C20H14N4O. The molecule has 120 valence electrons. The van der Waals surface area contributed by atoms with E-state index in [9.17, 15) is 4.79 Å². The molecule has 0 aliphatic carbocycles. The predicted octanol–water partition coefficient (Wildman–Crippen LogP) is 4.05. The van der Waals surface area contributed by atoms with Gasteiger partial charge >= 0.3 is 0 Å². The van der Waals surface area contributed by atoms with Crippen LogP contribution in [-0.2, 0) is 4.79 Å². The van der Waals surface area contributed by atoms with E-state index in [0.717, 1.165) is 39.1 Å². The van der Waals surface area contributed by atoms with Gasteiger partial charge in [0.15, 0.2) is 0 Å². The van der Waals surface area contributed by atoms with Gasteiger partial charge in [-0.2, -0.15) is 5.10 Å². The number of hydrogen-bond acceptors (Lipinski definition) is 2. The summed E-state index contributed by atoms with van der Waals surface area (Å²) in [5, 5.41) is 11.4. The maximum absolute atomic E-state index is 12.3. The average Bonchev–Trinajstić information content (AvgIpc) is 3.34. The summed E-state index contributed by atoms with van der Waals surface area (Å²) in [6, 6.07) is 17.7. The van der Waals surface area contributed by atoms with E-state index in [4.69, 9.17) is 0 Å². The Morgan fingerprint density at radius 1 is 1.00 bits per heavy atom. The van der Waals surface area contributed by atoms with Gasteiger partial charge in [0, 0.05) is 28.4 Å². The number of nitrogens with one attached hydrogen (secondary N) is 3. The molecule has 1 amide bonds. The molecule has 0 radical (unpaired) electrons. The third-order valence-electron chi connectivity index (χ3n) is 4.46. The molecule has 0 saturated carbocycles. The van der Waals surface area contributed by atoms with Crippen molar-refractivity contribution in [2.45, 2.75) is 0 Å². The van der Waals surface area contributed by atoms with Crippen LogP contribution in [0.25, 0.3) is 33.9 Å². The Hall–Kier alpha value is -3.60. The summed E-state index contributed by atoms with van der Waals surface area (Å²) in [5.74, 6) is -0.0713. The van der Waals surface area contributed by atoms with Crippen LogP contribution in [0, 0.1) is 0 Å². The maximum atomic E-state index is 12.3. The summed E-state index contributed by atoms with van der Waals surface area (Å²) < 4.78 is 0. The van der Waals surface area contributed by atoms with E-state index in [1.54, 1.807) is 0 Å². The molecule has 0 spiro atoms. The second-order valence-electron chi connectivity index (χ2n) is 6.02. The van der Waals surface area contributed by atoms with Gasteiger partial charge in [0.2, 0.25) is 0 Å². The SMILES string of the molecule is O=C1Nc2ccccc2C1=Cc1ccc2c(-c3ccc[nH]3)n[nH]c2c1. The van der Waals surface area contributed by atoms with E-state index in [1.165, 1.54) is 0 Å². The van der Waals surface area contributed by atoms with Crippen molar-refractivity contribution in [2.75, 3.05) is 5.32 Å². The lowest BCUT2D eigenvalue weighted by molar-refractivity contribution is -0.110. The number of benzene rings is 2. The Morgan fingerprint density at radius 2 is 1.92 bits per heavy atom. The van der Waals surface area contributed by atoms with Crippen molar-refractivity contribution in [1.82, 2.24) is 15.2 Å². The van der Waals surface area contributed by atoms with Gasteiger partial charge in [-0.25, -0.2) is 0 Å². The van der Waals surface area contributed by atoms with Gasteiger partial charge in [-0.15, -0.1) is 0 Å². The number of rotatable bonds is 2. The molecule has 0 unspecified atom stereocenters. The van der Waals surface area contributed by atoms with Gasteiger partial charge < -0.3 is 10.3 Å². The molecule has 5 rings (SSSR count). The van der Waals surface area contributed by atoms with Gasteiger partial charge in [0.1, 0.15) is 5.69 Å². The Morgan fingerprint density at radius 3 is 2.80 bits per heavy atom. The molecule has 4 aromatic rings. The molecule has 0 atom stereocenters. The van der Waals surface area contributed by atoms with E-state index in [-0.39, 0.29) is 5.91 Å². The van der Waals surface area contributed by atoms with Crippen molar-refractivity contribution in [3.05, 3.63) is 71.9 Å². The third-order valence-corrected chi connectivity index (χ3v) is 4.46. The minimum Gasteiger partial charge on any atom is -0.360 e. The summed E-state index contributed by atoms with van der Waals surface area (Å²) in [6.45, 7) is 0. The normalized spacial score (nSPS) is 14.9. The van der Waals surface area contributed by atoms with Crippen molar-refractivity contribution in [2.24, 2.45) is 0 Å². The van der Waals surface area contributed by atoms with Crippen molar-refractivity contribution >= 4 is 34.1 Å². The molecule has 2 aromatic carbocycles. The Kier molecular flexibility index (Phi) is 2.87. The van der Waals surface area contributed by atoms with Crippen LogP contribution in [0.1, 0.15) is 11.1 Å². The van der Waals surface area contributed by atoms with Crippen molar-refractivity contribution < 1.29 is 4.79 Å². The number of carbonyl (C=O) groups excluding carboxylic acids is 1. The molecule has 0 bridgehead atoms. The number of nitrogens with zero attached hydrogens (tertiary/aromatic N) is 1. The molecule has 1 aliphatic rings. The number of H-pyrrole nitrogens is 2. The topological polar surface area (TPSA) is 73.6 Å². The average molecular weight is 326 g/mol. The number of carbonyl (C=O) groups is 1. The first-order valence-electron chi connectivity index (χ1n) is 8.04. The zero-order chi connectivity index (χ0) is 16.8. The highest BCUT2D eigenvalue weighted by atomic mass is 16.2. The van der Waals surface area contributed by atoms with Gasteiger partial charge in [-0.3, -0.25) is 9.89 Å². The van der Waals surface area contributed by atoms with E-state index in [0.29, 0.717) is 5.57 Å². The fraction of sp³-hybridized carbons (Fsp3) is 0. The smallest absolute Gasteiger partial charge is 0.256 e. The second-order valence-corrected chi connectivity index (χ2v) is 6.02. The van der Waals surface area contributed by atoms with Gasteiger partial charge in [-0.05, 0) is 42.0 Å². The third kappa shape index (κ3) is 2.17. The van der Waals surface area contributed by atoms with Crippen LogP contribution in [0.2, 0.25) is 0 Å². The fourth-order valence-electron chi connectivity index (χ4n) is 3.26. The fourth-order valence-corrected chi connectivity index (χ4v) is 3.26. The van der Waals surface area contributed by atoms with Crippen LogP contribution < -0.4 is 5.32 Å². The first kappa shape index (κ1) is 13.8. The van der Waals surface area contributed by atoms with Crippen LogP contribution in [0.5, 0.6) is 0 Å². The van der Waals surface area contributed by atoms with E-state index in [2.05, 4.69) is 20.5 Å². The highest BCUT2D eigenvalue weighted by Crippen LogP contribution is 2.33.